The molecule has 3 nitrogen and oxygen atoms in total. The van der Waals surface area contributed by atoms with Crippen LogP contribution in [-0.2, 0) is 0 Å². The molecule has 3 heteroatoms. The van der Waals surface area contributed by atoms with Gasteiger partial charge in [0.25, 0.3) is 0 Å². The maximum atomic E-state index is 10.9. The average Bonchev–Trinajstić information content (AvgIpc) is 2.86. The predicted octanol–water partition coefficient (Wildman–Crippen LogP) is 2.89. The summed E-state index contributed by atoms with van der Waals surface area (Å²) >= 11 is 0. The van der Waals surface area contributed by atoms with Gasteiger partial charge in [-0.25, -0.2) is 0 Å². The van der Waals surface area contributed by atoms with E-state index in [-0.39, 0.29) is 6.79 Å². The number of carbonyl (C=O) groups excluding carboxylic acids is 1. The van der Waals surface area contributed by atoms with Crippen molar-refractivity contribution in [2.24, 2.45) is 0 Å². The van der Waals surface area contributed by atoms with Crippen LogP contribution in [0, 0.1) is 0 Å². The molecule has 0 N–H and O–H groups in total. The lowest BCUT2D eigenvalue weighted by Crippen LogP contribution is -1.93. The summed E-state index contributed by atoms with van der Waals surface area (Å²) in [7, 11) is 0. The van der Waals surface area contributed by atoms with Crippen molar-refractivity contribution in [2.75, 3.05) is 6.79 Å². The number of ether oxygens (including phenoxy) is 2. The molecule has 0 spiro atoms. The molecule has 1 heterocycles. The fraction of sp³-hybridized carbons (Fsp3) is 0.0714. The van der Waals surface area contributed by atoms with E-state index in [9.17, 15) is 4.79 Å². The van der Waals surface area contributed by atoms with Crippen LogP contribution in [0.15, 0.2) is 42.5 Å². The van der Waals surface area contributed by atoms with Crippen molar-refractivity contribution in [3.63, 3.8) is 0 Å². The van der Waals surface area contributed by atoms with Crippen LogP contribution in [0.2, 0.25) is 0 Å². The summed E-state index contributed by atoms with van der Waals surface area (Å²) in [5.41, 5.74) is 2.49. The first-order valence-corrected chi connectivity index (χ1v) is 5.33. The summed E-state index contributed by atoms with van der Waals surface area (Å²) in [5.74, 6) is 1.34. The van der Waals surface area contributed by atoms with Crippen molar-refractivity contribution >= 4 is 6.29 Å². The lowest BCUT2D eigenvalue weighted by Gasteiger charge is -2.06. The van der Waals surface area contributed by atoms with Gasteiger partial charge >= 0.3 is 0 Å². The van der Waals surface area contributed by atoms with Crippen LogP contribution in [0.1, 0.15) is 10.4 Å². The molecule has 0 aliphatic carbocycles. The van der Waals surface area contributed by atoms with Gasteiger partial charge in [-0.1, -0.05) is 30.3 Å². The quantitative estimate of drug-likeness (QED) is 0.738. The monoisotopic (exact) mass is 226 g/mol. The first kappa shape index (κ1) is 9.90. The fourth-order valence-electron chi connectivity index (χ4n) is 1.93. The van der Waals surface area contributed by atoms with Gasteiger partial charge in [0, 0.05) is 11.1 Å². The molecule has 3 rings (SSSR count). The lowest BCUT2D eigenvalue weighted by molar-refractivity contribution is 0.112. The van der Waals surface area contributed by atoms with Crippen molar-refractivity contribution in [1.82, 2.24) is 0 Å². The highest BCUT2D eigenvalue weighted by molar-refractivity contribution is 5.84. The summed E-state index contributed by atoms with van der Waals surface area (Å²) < 4.78 is 10.8. The second kappa shape index (κ2) is 3.94. The van der Waals surface area contributed by atoms with Crippen LogP contribution in [0.3, 0.4) is 0 Å². The number of carbonyl (C=O) groups is 1. The summed E-state index contributed by atoms with van der Waals surface area (Å²) in [6, 6.07) is 13.3. The third kappa shape index (κ3) is 1.65. The van der Waals surface area contributed by atoms with Gasteiger partial charge in [-0.05, 0) is 17.7 Å². The second-order valence-electron chi connectivity index (χ2n) is 3.79. The van der Waals surface area contributed by atoms with Crippen LogP contribution in [0.25, 0.3) is 11.1 Å². The number of fused-ring (bicyclic) bond motifs is 1. The molecule has 0 radical (unpaired) electrons. The van der Waals surface area contributed by atoms with E-state index in [1.54, 1.807) is 6.07 Å². The van der Waals surface area contributed by atoms with Crippen molar-refractivity contribution in [1.29, 1.82) is 0 Å². The smallest absolute Gasteiger partial charge is 0.231 e. The number of benzene rings is 2. The van der Waals surface area contributed by atoms with Gasteiger partial charge in [-0.3, -0.25) is 4.79 Å². The largest absolute Gasteiger partial charge is 0.454 e. The maximum absolute atomic E-state index is 10.9. The minimum atomic E-state index is 0.206. The minimum absolute atomic E-state index is 0.206. The Balaban J connectivity index is 2.22. The first-order valence-electron chi connectivity index (χ1n) is 5.33. The zero-order chi connectivity index (χ0) is 11.7. The van der Waals surface area contributed by atoms with E-state index in [1.807, 2.05) is 36.4 Å². The van der Waals surface area contributed by atoms with Gasteiger partial charge in [-0.2, -0.15) is 0 Å². The SMILES string of the molecule is O=Cc1cc2c(c(-c3ccccc3)c1)OCO2. The van der Waals surface area contributed by atoms with Gasteiger partial charge in [-0.15, -0.1) is 0 Å². The van der Waals surface area contributed by atoms with E-state index in [0.717, 1.165) is 17.4 Å². The number of hydrogen-bond acceptors (Lipinski definition) is 3. The molecule has 17 heavy (non-hydrogen) atoms. The Morgan fingerprint density at radius 3 is 2.65 bits per heavy atom. The molecule has 0 atom stereocenters. The topological polar surface area (TPSA) is 35.5 Å². The highest BCUT2D eigenvalue weighted by Gasteiger charge is 2.19. The molecule has 2 aromatic rings. The van der Waals surface area contributed by atoms with E-state index in [2.05, 4.69) is 0 Å². The van der Waals surface area contributed by atoms with Crippen molar-refractivity contribution in [3.05, 3.63) is 48.0 Å². The van der Waals surface area contributed by atoms with E-state index >= 15 is 0 Å². The summed E-state index contributed by atoms with van der Waals surface area (Å²) in [6.45, 7) is 0.206. The highest BCUT2D eigenvalue weighted by Crippen LogP contribution is 2.41. The van der Waals surface area contributed by atoms with E-state index in [4.69, 9.17) is 9.47 Å². The van der Waals surface area contributed by atoms with Crippen LogP contribution < -0.4 is 9.47 Å². The van der Waals surface area contributed by atoms with E-state index in [0.29, 0.717) is 17.1 Å². The Hall–Kier alpha value is -2.29. The van der Waals surface area contributed by atoms with Crippen LogP contribution in [0.5, 0.6) is 11.5 Å². The normalized spacial score (nSPS) is 12.5. The van der Waals surface area contributed by atoms with Gasteiger partial charge in [0.1, 0.15) is 6.29 Å². The Kier molecular flexibility index (Phi) is 2.29. The molecule has 1 aliphatic heterocycles. The molecule has 0 aromatic heterocycles. The molecule has 0 bridgehead atoms. The van der Waals surface area contributed by atoms with Gasteiger partial charge in [0.15, 0.2) is 11.5 Å². The molecule has 0 fully saturated rings. The fourth-order valence-corrected chi connectivity index (χ4v) is 1.93. The van der Waals surface area contributed by atoms with Gasteiger partial charge < -0.3 is 9.47 Å². The third-order valence-electron chi connectivity index (χ3n) is 2.72. The summed E-state index contributed by atoms with van der Waals surface area (Å²) in [5, 5.41) is 0. The molecule has 84 valence electrons. The number of aldehydes is 1. The highest BCUT2D eigenvalue weighted by atomic mass is 16.7. The van der Waals surface area contributed by atoms with Crippen molar-refractivity contribution in [3.8, 4) is 22.6 Å². The second-order valence-corrected chi connectivity index (χ2v) is 3.79. The number of hydrogen-bond donors (Lipinski definition) is 0. The van der Waals surface area contributed by atoms with Crippen molar-refractivity contribution in [2.45, 2.75) is 0 Å². The van der Waals surface area contributed by atoms with Crippen molar-refractivity contribution < 1.29 is 14.3 Å². The molecule has 0 saturated carbocycles. The van der Waals surface area contributed by atoms with Crippen LogP contribution >= 0.6 is 0 Å². The van der Waals surface area contributed by atoms with E-state index < -0.39 is 0 Å². The maximum Gasteiger partial charge on any atom is 0.231 e. The summed E-state index contributed by atoms with van der Waals surface area (Å²) in [4.78, 5) is 10.9. The molecule has 0 amide bonds. The van der Waals surface area contributed by atoms with E-state index in [1.165, 1.54) is 0 Å². The molecule has 0 saturated heterocycles. The first-order chi connectivity index (χ1) is 8.38. The molecule has 2 aromatic carbocycles. The molecular weight excluding hydrogens is 216 g/mol. The standard InChI is InChI=1S/C14H10O3/c15-8-10-6-12(11-4-2-1-3-5-11)14-13(7-10)16-9-17-14/h1-8H,9H2. The number of rotatable bonds is 2. The predicted molar refractivity (Wildman–Crippen MR) is 63.4 cm³/mol. The molecular formula is C14H10O3. The van der Waals surface area contributed by atoms with Crippen LogP contribution in [-0.4, -0.2) is 13.1 Å². The Bertz CT molecular complexity index is 561. The third-order valence-corrected chi connectivity index (χ3v) is 2.72. The molecule has 0 unspecified atom stereocenters. The Labute approximate surface area is 98.6 Å². The Morgan fingerprint density at radius 2 is 1.88 bits per heavy atom. The minimum Gasteiger partial charge on any atom is -0.454 e. The average molecular weight is 226 g/mol. The van der Waals surface area contributed by atoms with Gasteiger partial charge in [0.05, 0.1) is 0 Å². The Morgan fingerprint density at radius 1 is 1.06 bits per heavy atom. The van der Waals surface area contributed by atoms with Crippen LogP contribution in [0.4, 0.5) is 0 Å². The zero-order valence-corrected chi connectivity index (χ0v) is 9.05. The lowest BCUT2D eigenvalue weighted by atomic mass is 10.0. The zero-order valence-electron chi connectivity index (χ0n) is 9.05. The van der Waals surface area contributed by atoms with Gasteiger partial charge in [0.2, 0.25) is 6.79 Å². The molecule has 1 aliphatic rings. The summed E-state index contributed by atoms with van der Waals surface area (Å²) in [6.07, 6.45) is 0.814.